The molecule has 0 bridgehead atoms. The second-order valence-corrected chi connectivity index (χ2v) is 4.55. The number of H-pyrrole nitrogens is 1. The van der Waals surface area contributed by atoms with E-state index in [2.05, 4.69) is 35.1 Å². The van der Waals surface area contributed by atoms with Gasteiger partial charge in [0.05, 0.1) is 0 Å². The fourth-order valence-electron chi connectivity index (χ4n) is 1.96. The van der Waals surface area contributed by atoms with Crippen molar-refractivity contribution < 1.29 is 0 Å². The normalized spacial score (nSPS) is 16.8. The van der Waals surface area contributed by atoms with Crippen molar-refractivity contribution in [2.75, 3.05) is 31.1 Å². The SMILES string of the molecule is CC(C)c1cc(N2CCNCC2)[nH]c(=O)c1. The van der Waals surface area contributed by atoms with Crippen molar-refractivity contribution in [3.8, 4) is 0 Å². The zero-order valence-corrected chi connectivity index (χ0v) is 9.92. The average Bonchev–Trinajstić information content (AvgIpc) is 2.29. The highest BCUT2D eigenvalue weighted by atomic mass is 16.1. The molecule has 0 spiro atoms. The van der Waals surface area contributed by atoms with Gasteiger partial charge >= 0.3 is 0 Å². The van der Waals surface area contributed by atoms with Crippen molar-refractivity contribution in [1.29, 1.82) is 0 Å². The summed E-state index contributed by atoms with van der Waals surface area (Å²) in [6.07, 6.45) is 0. The number of aromatic amines is 1. The minimum atomic E-state index is -0.000248. The lowest BCUT2D eigenvalue weighted by atomic mass is 10.0. The molecule has 88 valence electrons. The summed E-state index contributed by atoms with van der Waals surface area (Å²) >= 11 is 0. The summed E-state index contributed by atoms with van der Waals surface area (Å²) in [6, 6.07) is 3.79. The molecule has 2 rings (SSSR count). The highest BCUT2D eigenvalue weighted by Crippen LogP contribution is 2.17. The van der Waals surface area contributed by atoms with Gasteiger partial charge in [0.1, 0.15) is 5.82 Å². The predicted molar refractivity (Wildman–Crippen MR) is 66.2 cm³/mol. The van der Waals surface area contributed by atoms with E-state index in [0.717, 1.165) is 37.6 Å². The molecule has 1 fully saturated rings. The fraction of sp³-hybridized carbons (Fsp3) is 0.583. The third-order valence-electron chi connectivity index (χ3n) is 2.98. The van der Waals surface area contributed by atoms with E-state index in [1.807, 2.05) is 0 Å². The molecule has 2 N–H and O–H groups in total. The zero-order chi connectivity index (χ0) is 11.5. The first-order chi connectivity index (χ1) is 7.66. The molecule has 0 amide bonds. The lowest BCUT2D eigenvalue weighted by Gasteiger charge is -2.29. The van der Waals surface area contributed by atoms with Crippen LogP contribution in [0.4, 0.5) is 5.82 Å². The fourth-order valence-corrected chi connectivity index (χ4v) is 1.96. The van der Waals surface area contributed by atoms with Crippen LogP contribution >= 0.6 is 0 Å². The van der Waals surface area contributed by atoms with Crippen LogP contribution in [-0.4, -0.2) is 31.2 Å². The number of pyridine rings is 1. The van der Waals surface area contributed by atoms with Crippen LogP contribution in [0.1, 0.15) is 25.3 Å². The molecule has 1 aromatic heterocycles. The molecule has 1 saturated heterocycles. The Labute approximate surface area is 95.7 Å². The molecule has 16 heavy (non-hydrogen) atoms. The van der Waals surface area contributed by atoms with Crippen LogP contribution in [0, 0.1) is 0 Å². The molecule has 1 aliphatic heterocycles. The summed E-state index contributed by atoms with van der Waals surface area (Å²) in [5.41, 5.74) is 1.11. The van der Waals surface area contributed by atoms with Gasteiger partial charge in [-0.25, -0.2) is 0 Å². The predicted octanol–water partition coefficient (Wildman–Crippen LogP) is 0.908. The molecule has 0 radical (unpaired) electrons. The van der Waals surface area contributed by atoms with Crippen molar-refractivity contribution in [2.45, 2.75) is 19.8 Å². The van der Waals surface area contributed by atoms with Crippen LogP contribution in [0.5, 0.6) is 0 Å². The first-order valence-electron chi connectivity index (χ1n) is 5.87. The number of nitrogens with one attached hydrogen (secondary N) is 2. The van der Waals surface area contributed by atoms with Crippen LogP contribution in [0.2, 0.25) is 0 Å². The Morgan fingerprint density at radius 1 is 1.25 bits per heavy atom. The van der Waals surface area contributed by atoms with Gasteiger partial charge in [0.15, 0.2) is 0 Å². The summed E-state index contributed by atoms with van der Waals surface area (Å²) in [5, 5.41) is 3.30. The number of hydrogen-bond donors (Lipinski definition) is 2. The first-order valence-corrected chi connectivity index (χ1v) is 5.87. The molecular formula is C12H19N3O. The minimum Gasteiger partial charge on any atom is -0.356 e. The number of piperazine rings is 1. The highest BCUT2D eigenvalue weighted by molar-refractivity contribution is 5.42. The van der Waals surface area contributed by atoms with E-state index in [9.17, 15) is 4.79 Å². The lowest BCUT2D eigenvalue weighted by Crippen LogP contribution is -2.44. The second-order valence-electron chi connectivity index (χ2n) is 4.55. The molecule has 1 aliphatic rings. The van der Waals surface area contributed by atoms with Crippen molar-refractivity contribution in [2.24, 2.45) is 0 Å². The van der Waals surface area contributed by atoms with Gasteiger partial charge in [0.2, 0.25) is 5.56 Å². The molecule has 4 heteroatoms. The number of rotatable bonds is 2. The highest BCUT2D eigenvalue weighted by Gasteiger charge is 2.12. The summed E-state index contributed by atoms with van der Waals surface area (Å²) in [4.78, 5) is 16.7. The van der Waals surface area contributed by atoms with Gasteiger partial charge in [-0.2, -0.15) is 0 Å². The van der Waals surface area contributed by atoms with E-state index in [4.69, 9.17) is 0 Å². The maximum absolute atomic E-state index is 11.6. The van der Waals surface area contributed by atoms with E-state index in [1.54, 1.807) is 6.07 Å². The average molecular weight is 221 g/mol. The van der Waals surface area contributed by atoms with Crippen LogP contribution in [0.25, 0.3) is 0 Å². The monoisotopic (exact) mass is 221 g/mol. The summed E-state index contributed by atoms with van der Waals surface area (Å²) < 4.78 is 0. The summed E-state index contributed by atoms with van der Waals surface area (Å²) in [5.74, 6) is 1.35. The third kappa shape index (κ3) is 2.44. The van der Waals surface area contributed by atoms with Gasteiger partial charge in [0, 0.05) is 32.2 Å². The minimum absolute atomic E-state index is 0.000248. The van der Waals surface area contributed by atoms with Gasteiger partial charge < -0.3 is 15.2 Å². The molecule has 1 aromatic rings. The van der Waals surface area contributed by atoms with Crippen LogP contribution in [0.3, 0.4) is 0 Å². The first kappa shape index (κ1) is 11.2. The molecule has 0 aliphatic carbocycles. The van der Waals surface area contributed by atoms with E-state index >= 15 is 0 Å². The number of hydrogen-bond acceptors (Lipinski definition) is 3. The smallest absolute Gasteiger partial charge is 0.249 e. The van der Waals surface area contributed by atoms with Gasteiger partial charge in [-0.15, -0.1) is 0 Å². The molecule has 0 unspecified atom stereocenters. The Hall–Kier alpha value is -1.29. The molecule has 0 saturated carbocycles. The Balaban J connectivity index is 2.29. The number of anilines is 1. The lowest BCUT2D eigenvalue weighted by molar-refractivity contribution is 0.584. The second kappa shape index (κ2) is 4.70. The van der Waals surface area contributed by atoms with Crippen molar-refractivity contribution >= 4 is 5.82 Å². The van der Waals surface area contributed by atoms with Crippen LogP contribution in [-0.2, 0) is 0 Å². The van der Waals surface area contributed by atoms with E-state index in [1.165, 1.54) is 0 Å². The molecule has 0 atom stereocenters. The molecule has 2 heterocycles. The van der Waals surface area contributed by atoms with E-state index in [-0.39, 0.29) is 5.56 Å². The number of nitrogens with zero attached hydrogens (tertiary/aromatic N) is 1. The van der Waals surface area contributed by atoms with Crippen LogP contribution < -0.4 is 15.8 Å². The largest absolute Gasteiger partial charge is 0.356 e. The zero-order valence-electron chi connectivity index (χ0n) is 9.92. The summed E-state index contributed by atoms with van der Waals surface area (Å²) in [6.45, 7) is 8.09. The van der Waals surface area contributed by atoms with Gasteiger partial charge in [-0.05, 0) is 17.5 Å². The van der Waals surface area contributed by atoms with Crippen molar-refractivity contribution in [1.82, 2.24) is 10.3 Å². The maximum Gasteiger partial charge on any atom is 0.249 e. The Bertz CT molecular complexity index is 405. The van der Waals surface area contributed by atoms with Gasteiger partial charge in [0.25, 0.3) is 0 Å². The van der Waals surface area contributed by atoms with Crippen LogP contribution in [0.15, 0.2) is 16.9 Å². The number of aromatic nitrogens is 1. The summed E-state index contributed by atoms with van der Waals surface area (Å²) in [7, 11) is 0. The molecule has 0 aromatic carbocycles. The quantitative estimate of drug-likeness (QED) is 0.780. The van der Waals surface area contributed by atoms with Gasteiger partial charge in [-0.3, -0.25) is 4.79 Å². The van der Waals surface area contributed by atoms with Crippen molar-refractivity contribution in [3.05, 3.63) is 28.0 Å². The molecule has 4 nitrogen and oxygen atoms in total. The Morgan fingerprint density at radius 2 is 1.94 bits per heavy atom. The Kier molecular flexibility index (Phi) is 3.29. The topological polar surface area (TPSA) is 48.1 Å². The van der Waals surface area contributed by atoms with Gasteiger partial charge in [-0.1, -0.05) is 13.8 Å². The van der Waals surface area contributed by atoms with E-state index in [0.29, 0.717) is 5.92 Å². The third-order valence-corrected chi connectivity index (χ3v) is 2.98. The van der Waals surface area contributed by atoms with E-state index < -0.39 is 0 Å². The van der Waals surface area contributed by atoms with Crippen molar-refractivity contribution in [3.63, 3.8) is 0 Å². The maximum atomic E-state index is 11.6. The Morgan fingerprint density at radius 3 is 2.56 bits per heavy atom. The standard InChI is InChI=1S/C12H19N3O/c1-9(2)10-7-11(14-12(16)8-10)15-5-3-13-4-6-15/h7-9,13H,3-6H2,1-2H3,(H,14,16). The molecular weight excluding hydrogens is 202 g/mol.